The van der Waals surface area contributed by atoms with Crippen molar-refractivity contribution in [3.05, 3.63) is 83.9 Å². The number of aliphatic hydroxyl groups is 1. The topological polar surface area (TPSA) is 92.7 Å². The number of aliphatic hydroxyl groups excluding tert-OH is 1. The number of carbonyl (C=O) groups excluding carboxylic acids is 1. The molecule has 0 spiro atoms. The molecule has 35 heavy (non-hydrogen) atoms. The number of benzene rings is 3. The van der Waals surface area contributed by atoms with Gasteiger partial charge in [-0.3, -0.25) is 4.79 Å². The number of rotatable bonds is 8. The SMILES string of the molecule is CS(=O)(=O)c1cccc([C@H](CO)NC(=O)c2cc(S(F)(F)(F)(F)F)ccc2Oc2ccccc2)c1. The van der Waals surface area contributed by atoms with E-state index in [9.17, 15) is 37.7 Å². The van der Waals surface area contributed by atoms with Gasteiger partial charge in [0.25, 0.3) is 5.91 Å². The molecular formula is C22H20F5NO5S2. The Labute approximate surface area is 198 Å². The smallest absolute Gasteiger partial charge is 0.310 e. The maximum absolute atomic E-state index is 13.4. The van der Waals surface area contributed by atoms with Gasteiger partial charge in [0.05, 0.1) is 23.1 Å². The second-order valence-corrected chi connectivity index (χ2v) is 12.0. The van der Waals surface area contributed by atoms with Gasteiger partial charge < -0.3 is 15.2 Å². The highest BCUT2D eigenvalue weighted by atomic mass is 32.5. The normalized spacial score (nSPS) is 14.9. The molecule has 0 heterocycles. The zero-order chi connectivity index (χ0) is 26.1. The first-order chi connectivity index (χ1) is 16.0. The third kappa shape index (κ3) is 6.71. The van der Waals surface area contributed by atoms with E-state index in [0.717, 1.165) is 6.26 Å². The fraction of sp³-hybridized carbons (Fsp3) is 0.136. The van der Waals surface area contributed by atoms with Crippen molar-refractivity contribution in [2.24, 2.45) is 0 Å². The lowest BCUT2D eigenvalue weighted by atomic mass is 10.1. The van der Waals surface area contributed by atoms with Gasteiger partial charge in [-0.25, -0.2) is 8.42 Å². The monoisotopic (exact) mass is 537 g/mol. The maximum Gasteiger partial charge on any atom is 0.310 e. The van der Waals surface area contributed by atoms with E-state index in [1.165, 1.54) is 36.4 Å². The van der Waals surface area contributed by atoms with Crippen molar-refractivity contribution in [1.29, 1.82) is 0 Å². The van der Waals surface area contributed by atoms with Crippen LogP contribution in [0.3, 0.4) is 0 Å². The molecule has 6 nitrogen and oxygen atoms in total. The zero-order valence-corrected chi connectivity index (χ0v) is 19.6. The molecule has 13 heteroatoms. The summed E-state index contributed by atoms with van der Waals surface area (Å²) < 4.78 is 96.2. The lowest BCUT2D eigenvalue weighted by molar-refractivity contribution is 0.0913. The lowest BCUT2D eigenvalue weighted by Crippen LogP contribution is -2.31. The van der Waals surface area contributed by atoms with Crippen LogP contribution in [0.2, 0.25) is 0 Å². The van der Waals surface area contributed by atoms with Gasteiger partial charge in [0, 0.05) is 6.26 Å². The van der Waals surface area contributed by atoms with Crippen molar-refractivity contribution < 1.29 is 42.5 Å². The molecule has 190 valence electrons. The summed E-state index contributed by atoms with van der Waals surface area (Å²) in [5.41, 5.74) is -0.740. The van der Waals surface area contributed by atoms with Gasteiger partial charge in [0.2, 0.25) is 0 Å². The van der Waals surface area contributed by atoms with Crippen LogP contribution >= 0.6 is 10.2 Å². The number of halogens is 5. The fourth-order valence-corrected chi connectivity index (χ4v) is 4.41. The Morgan fingerprint density at radius 2 is 1.63 bits per heavy atom. The molecule has 0 saturated heterocycles. The van der Waals surface area contributed by atoms with Crippen molar-refractivity contribution in [2.75, 3.05) is 12.9 Å². The van der Waals surface area contributed by atoms with Gasteiger partial charge in [-0.05, 0) is 48.0 Å². The number of carbonyl (C=O) groups is 1. The summed E-state index contributed by atoms with van der Waals surface area (Å²) in [7, 11) is -13.8. The van der Waals surface area contributed by atoms with E-state index in [1.807, 2.05) is 0 Å². The molecule has 0 aliphatic carbocycles. The summed E-state index contributed by atoms with van der Waals surface area (Å²) in [5, 5.41) is 12.0. The molecule has 0 fully saturated rings. The van der Waals surface area contributed by atoms with Crippen LogP contribution in [0.5, 0.6) is 11.5 Å². The number of hydrogen-bond acceptors (Lipinski definition) is 5. The van der Waals surface area contributed by atoms with Crippen LogP contribution in [0.4, 0.5) is 19.4 Å². The standard InChI is InChI=1S/C22H20F5NO5S2/c1-34(31,32)17-9-5-6-15(12-17)20(14-29)28-22(30)19-13-18(35(23,24,25,26)27)10-11-21(19)33-16-7-3-2-4-8-16/h2-13,20,29H,14H2,1H3,(H,28,30)/t20-/m0/s1. The van der Waals surface area contributed by atoms with E-state index >= 15 is 0 Å². The minimum absolute atomic E-state index is 0.0173. The van der Waals surface area contributed by atoms with Gasteiger partial charge in [-0.15, -0.1) is 0 Å². The van der Waals surface area contributed by atoms with Gasteiger partial charge in [-0.2, -0.15) is 0 Å². The molecule has 0 saturated carbocycles. The lowest BCUT2D eigenvalue weighted by Gasteiger charge is -2.40. The predicted molar refractivity (Wildman–Crippen MR) is 121 cm³/mol. The second-order valence-electron chi connectivity index (χ2n) is 7.60. The fourth-order valence-electron chi connectivity index (χ4n) is 3.06. The molecule has 3 aromatic carbocycles. The quantitative estimate of drug-likeness (QED) is 0.344. The van der Waals surface area contributed by atoms with Crippen molar-refractivity contribution in [3.63, 3.8) is 0 Å². The summed E-state index contributed by atoms with van der Waals surface area (Å²) in [6, 6.07) is 12.2. The summed E-state index contributed by atoms with van der Waals surface area (Å²) in [6.45, 7) is -0.769. The maximum atomic E-state index is 13.4. The molecule has 1 amide bonds. The van der Waals surface area contributed by atoms with Crippen LogP contribution in [0.15, 0.2) is 82.6 Å². The summed E-state index contributed by atoms with van der Waals surface area (Å²) in [6.07, 6.45) is 0.942. The van der Waals surface area contributed by atoms with Crippen molar-refractivity contribution in [2.45, 2.75) is 15.8 Å². The molecule has 0 bridgehead atoms. The Bertz CT molecular complexity index is 1370. The zero-order valence-electron chi connectivity index (χ0n) is 18.0. The van der Waals surface area contributed by atoms with Crippen molar-refractivity contribution in [1.82, 2.24) is 5.32 Å². The molecule has 3 aromatic rings. The molecule has 0 aliphatic heterocycles. The number of para-hydroxylation sites is 1. The Morgan fingerprint density at radius 3 is 2.20 bits per heavy atom. The van der Waals surface area contributed by atoms with E-state index in [0.29, 0.717) is 6.07 Å². The number of ether oxygens (including phenoxy) is 1. The number of amides is 1. The van der Waals surface area contributed by atoms with E-state index in [-0.39, 0.29) is 28.3 Å². The molecule has 0 unspecified atom stereocenters. The van der Waals surface area contributed by atoms with Crippen molar-refractivity contribution in [3.8, 4) is 11.5 Å². The summed E-state index contributed by atoms with van der Waals surface area (Å²) in [5.74, 6) is -1.58. The molecule has 0 aromatic heterocycles. The van der Waals surface area contributed by atoms with Crippen LogP contribution in [-0.4, -0.2) is 32.3 Å². The molecular weight excluding hydrogens is 517 g/mol. The first kappa shape index (κ1) is 26.4. The average Bonchev–Trinajstić information content (AvgIpc) is 2.76. The number of hydrogen-bond donors (Lipinski definition) is 2. The van der Waals surface area contributed by atoms with Gasteiger partial charge in [-0.1, -0.05) is 49.8 Å². The molecule has 1 atom stereocenters. The Balaban J connectivity index is 2.04. The predicted octanol–water partition coefficient (Wildman–Crippen LogP) is 6.00. The summed E-state index contributed by atoms with van der Waals surface area (Å²) in [4.78, 5) is 10.5. The highest BCUT2D eigenvalue weighted by Gasteiger charge is 2.65. The van der Waals surface area contributed by atoms with Crippen LogP contribution < -0.4 is 10.1 Å². The molecule has 2 N–H and O–H groups in total. The van der Waals surface area contributed by atoms with Gasteiger partial charge >= 0.3 is 10.2 Å². The van der Waals surface area contributed by atoms with E-state index in [2.05, 4.69) is 5.32 Å². The van der Waals surface area contributed by atoms with E-state index < -0.39 is 54.8 Å². The average molecular weight is 538 g/mol. The van der Waals surface area contributed by atoms with Crippen molar-refractivity contribution >= 4 is 26.0 Å². The second kappa shape index (κ2) is 8.50. The van der Waals surface area contributed by atoms with E-state index in [1.54, 1.807) is 18.2 Å². The highest BCUT2D eigenvalue weighted by Crippen LogP contribution is 3.02. The molecule has 0 radical (unpaired) electrons. The van der Waals surface area contributed by atoms with Crippen LogP contribution in [-0.2, 0) is 9.84 Å². The third-order valence-electron chi connectivity index (χ3n) is 4.79. The minimum Gasteiger partial charge on any atom is -0.457 e. The first-order valence-corrected chi connectivity index (χ1v) is 13.6. The first-order valence-electron chi connectivity index (χ1n) is 9.81. The Hall–Kier alpha value is -3.16. The Morgan fingerprint density at radius 1 is 0.971 bits per heavy atom. The molecule has 3 rings (SSSR count). The number of sulfone groups is 1. The van der Waals surface area contributed by atoms with Gasteiger partial charge in [0.15, 0.2) is 9.84 Å². The minimum atomic E-state index is -10.1. The van der Waals surface area contributed by atoms with Crippen LogP contribution in [0.25, 0.3) is 0 Å². The van der Waals surface area contributed by atoms with Gasteiger partial charge in [0.1, 0.15) is 16.4 Å². The number of nitrogens with one attached hydrogen (secondary N) is 1. The Kier molecular flexibility index (Phi) is 6.42. The third-order valence-corrected chi connectivity index (χ3v) is 7.04. The largest absolute Gasteiger partial charge is 0.457 e. The van der Waals surface area contributed by atoms with Crippen LogP contribution in [0, 0.1) is 0 Å². The summed E-state index contributed by atoms with van der Waals surface area (Å²) >= 11 is 0. The highest BCUT2D eigenvalue weighted by molar-refractivity contribution is 8.45. The van der Waals surface area contributed by atoms with E-state index in [4.69, 9.17) is 4.74 Å². The molecule has 0 aliphatic rings. The van der Waals surface area contributed by atoms with Crippen LogP contribution in [0.1, 0.15) is 22.0 Å².